The maximum atomic E-state index is 12.2. The van der Waals surface area contributed by atoms with Crippen LogP contribution in [0.15, 0.2) is 0 Å². The van der Waals surface area contributed by atoms with Gasteiger partial charge in [0.15, 0.2) is 5.78 Å². The summed E-state index contributed by atoms with van der Waals surface area (Å²) in [4.78, 5) is 12.2. The quantitative estimate of drug-likeness (QED) is 0.659. The van der Waals surface area contributed by atoms with Crippen LogP contribution in [0.1, 0.15) is 67.7 Å². The molecule has 0 heterocycles. The molecule has 0 amide bonds. The highest BCUT2D eigenvalue weighted by molar-refractivity contribution is 5.87. The zero-order valence-electron chi connectivity index (χ0n) is 12.0. The fourth-order valence-corrected chi connectivity index (χ4v) is 1.62. The molecule has 1 atom stereocenters. The summed E-state index contributed by atoms with van der Waals surface area (Å²) in [7, 11) is 0. The van der Waals surface area contributed by atoms with E-state index in [4.69, 9.17) is 4.74 Å². The van der Waals surface area contributed by atoms with E-state index in [0.29, 0.717) is 0 Å². The van der Waals surface area contributed by atoms with Gasteiger partial charge in [-0.05, 0) is 33.1 Å². The molecule has 0 saturated heterocycles. The van der Waals surface area contributed by atoms with Crippen LogP contribution >= 0.6 is 0 Å². The Balaban J connectivity index is 4.59. The fraction of sp³-hybridized carbons (Fsp3) is 0.929. The molecule has 0 aliphatic heterocycles. The van der Waals surface area contributed by atoms with Crippen molar-refractivity contribution in [3.05, 3.63) is 0 Å². The highest BCUT2D eigenvalue weighted by Crippen LogP contribution is 2.28. The first kappa shape index (κ1) is 15.6. The van der Waals surface area contributed by atoms with Crippen LogP contribution < -0.4 is 0 Å². The molecule has 2 heteroatoms. The van der Waals surface area contributed by atoms with Gasteiger partial charge in [0.1, 0.15) is 6.10 Å². The van der Waals surface area contributed by atoms with Gasteiger partial charge in [-0.1, -0.05) is 34.6 Å². The van der Waals surface area contributed by atoms with Crippen molar-refractivity contribution in [1.29, 1.82) is 0 Å². The largest absolute Gasteiger partial charge is 0.365 e. The van der Waals surface area contributed by atoms with Crippen LogP contribution in [0, 0.1) is 5.41 Å². The van der Waals surface area contributed by atoms with E-state index in [2.05, 4.69) is 20.8 Å². The Morgan fingerprint density at radius 1 is 1.06 bits per heavy atom. The van der Waals surface area contributed by atoms with E-state index < -0.39 is 0 Å². The molecule has 16 heavy (non-hydrogen) atoms. The molecule has 0 rings (SSSR count). The summed E-state index contributed by atoms with van der Waals surface area (Å²) in [6.07, 6.45) is 2.43. The van der Waals surface area contributed by atoms with Gasteiger partial charge in [-0.3, -0.25) is 4.79 Å². The topological polar surface area (TPSA) is 26.3 Å². The second-order valence-corrected chi connectivity index (χ2v) is 5.52. The van der Waals surface area contributed by atoms with E-state index in [1.54, 1.807) is 0 Å². The van der Waals surface area contributed by atoms with Crippen molar-refractivity contribution in [2.75, 3.05) is 0 Å². The molecule has 0 radical (unpaired) electrons. The SMILES string of the molecule is CCC(C)(CC)OC(C)C(=O)C(C)(C)CC. The van der Waals surface area contributed by atoms with Gasteiger partial charge in [0.2, 0.25) is 0 Å². The molecule has 0 aliphatic carbocycles. The summed E-state index contributed by atoms with van der Waals surface area (Å²) < 4.78 is 5.94. The van der Waals surface area contributed by atoms with Crippen molar-refractivity contribution in [3.8, 4) is 0 Å². The van der Waals surface area contributed by atoms with Gasteiger partial charge in [0, 0.05) is 5.41 Å². The maximum Gasteiger partial charge on any atom is 0.166 e. The van der Waals surface area contributed by atoms with Crippen molar-refractivity contribution in [1.82, 2.24) is 0 Å². The predicted molar refractivity (Wildman–Crippen MR) is 68.6 cm³/mol. The van der Waals surface area contributed by atoms with Gasteiger partial charge in [-0.25, -0.2) is 0 Å². The molecule has 0 aromatic rings. The number of hydrogen-bond acceptors (Lipinski definition) is 2. The summed E-state index contributed by atoms with van der Waals surface area (Å²) in [6.45, 7) is 14.2. The third-order valence-corrected chi connectivity index (χ3v) is 3.88. The first-order chi connectivity index (χ1) is 7.22. The van der Waals surface area contributed by atoms with Gasteiger partial charge in [0.25, 0.3) is 0 Å². The monoisotopic (exact) mass is 228 g/mol. The highest BCUT2D eigenvalue weighted by atomic mass is 16.5. The van der Waals surface area contributed by atoms with Crippen molar-refractivity contribution >= 4 is 5.78 Å². The van der Waals surface area contributed by atoms with E-state index in [9.17, 15) is 4.79 Å². The molecule has 0 aliphatic rings. The van der Waals surface area contributed by atoms with Crippen molar-refractivity contribution in [2.45, 2.75) is 79.4 Å². The second kappa shape index (κ2) is 5.81. The summed E-state index contributed by atoms with van der Waals surface area (Å²) in [6, 6.07) is 0. The van der Waals surface area contributed by atoms with Gasteiger partial charge in [-0.15, -0.1) is 0 Å². The van der Waals surface area contributed by atoms with E-state index >= 15 is 0 Å². The first-order valence-electron chi connectivity index (χ1n) is 6.44. The number of ketones is 1. The lowest BCUT2D eigenvalue weighted by Gasteiger charge is -2.33. The molecule has 96 valence electrons. The lowest BCUT2D eigenvalue weighted by molar-refractivity contribution is -0.151. The lowest BCUT2D eigenvalue weighted by Crippen LogP contribution is -2.40. The average Bonchev–Trinajstić information content (AvgIpc) is 2.27. The third-order valence-electron chi connectivity index (χ3n) is 3.88. The Kier molecular flexibility index (Phi) is 5.67. The fourth-order valence-electron chi connectivity index (χ4n) is 1.62. The number of carbonyl (C=O) groups excluding carboxylic acids is 1. The average molecular weight is 228 g/mol. The number of Topliss-reactive ketones (excluding diaryl/α,β-unsaturated/α-hetero) is 1. The molecule has 2 nitrogen and oxygen atoms in total. The predicted octanol–water partition coefficient (Wildman–Crippen LogP) is 3.98. The van der Waals surface area contributed by atoms with Crippen LogP contribution in [0.5, 0.6) is 0 Å². The van der Waals surface area contributed by atoms with Crippen LogP contribution in [0.3, 0.4) is 0 Å². The number of hydrogen-bond donors (Lipinski definition) is 0. The molecule has 1 unspecified atom stereocenters. The molecule has 0 bridgehead atoms. The summed E-state index contributed by atoms with van der Waals surface area (Å²) in [5.41, 5.74) is -0.444. The Morgan fingerprint density at radius 2 is 1.50 bits per heavy atom. The van der Waals surface area contributed by atoms with Crippen LogP contribution in [-0.2, 0) is 9.53 Å². The Morgan fingerprint density at radius 3 is 1.81 bits per heavy atom. The molecule has 0 N–H and O–H groups in total. The zero-order chi connectivity index (χ0) is 13.0. The molecule has 0 aromatic heterocycles. The minimum atomic E-state index is -0.306. The number of rotatable bonds is 7. The van der Waals surface area contributed by atoms with Crippen LogP contribution in [0.25, 0.3) is 0 Å². The Labute approximate surface area is 101 Å². The van der Waals surface area contributed by atoms with E-state index in [0.717, 1.165) is 19.3 Å². The molecule has 0 saturated carbocycles. The van der Waals surface area contributed by atoms with Crippen molar-refractivity contribution in [2.24, 2.45) is 5.41 Å². The minimum absolute atomic E-state index is 0.168. The smallest absolute Gasteiger partial charge is 0.166 e. The molecular weight excluding hydrogens is 200 g/mol. The maximum absolute atomic E-state index is 12.2. The second-order valence-electron chi connectivity index (χ2n) is 5.52. The van der Waals surface area contributed by atoms with E-state index in [1.807, 2.05) is 27.7 Å². The minimum Gasteiger partial charge on any atom is -0.365 e. The number of carbonyl (C=O) groups is 1. The van der Waals surface area contributed by atoms with Crippen LogP contribution in [0.4, 0.5) is 0 Å². The van der Waals surface area contributed by atoms with Gasteiger partial charge < -0.3 is 4.74 Å². The Hall–Kier alpha value is -0.370. The van der Waals surface area contributed by atoms with Crippen LogP contribution in [-0.4, -0.2) is 17.5 Å². The zero-order valence-corrected chi connectivity index (χ0v) is 12.0. The molecular formula is C14H28O2. The molecule has 0 fully saturated rings. The van der Waals surface area contributed by atoms with Crippen molar-refractivity contribution < 1.29 is 9.53 Å². The summed E-state index contributed by atoms with van der Waals surface area (Å²) >= 11 is 0. The van der Waals surface area contributed by atoms with Gasteiger partial charge in [-0.2, -0.15) is 0 Å². The van der Waals surface area contributed by atoms with Gasteiger partial charge in [0.05, 0.1) is 5.60 Å². The van der Waals surface area contributed by atoms with Gasteiger partial charge >= 0.3 is 0 Å². The third kappa shape index (κ3) is 3.89. The van der Waals surface area contributed by atoms with Crippen LogP contribution in [0.2, 0.25) is 0 Å². The normalized spacial score (nSPS) is 14.9. The van der Waals surface area contributed by atoms with Crippen molar-refractivity contribution in [3.63, 3.8) is 0 Å². The highest BCUT2D eigenvalue weighted by Gasteiger charge is 2.34. The summed E-state index contributed by atoms with van der Waals surface area (Å²) in [5, 5.41) is 0. The standard InChI is InChI=1S/C14H28O2/c1-8-13(5,6)12(15)11(4)16-14(7,9-2)10-3/h11H,8-10H2,1-7H3. The van der Waals surface area contributed by atoms with E-state index in [1.165, 1.54) is 0 Å². The molecule has 0 aromatic carbocycles. The van der Waals surface area contributed by atoms with E-state index in [-0.39, 0.29) is 22.9 Å². The lowest BCUT2D eigenvalue weighted by atomic mass is 9.83. The first-order valence-corrected chi connectivity index (χ1v) is 6.44. The summed E-state index contributed by atoms with van der Waals surface area (Å²) in [5.74, 6) is 0.211. The number of ether oxygens (including phenoxy) is 1. The molecule has 0 spiro atoms. The Bertz CT molecular complexity index is 227.